The molecule has 0 N–H and O–H groups in total. The minimum atomic E-state index is -0.562. The average molecular weight is 2020 g/mol. The molecule has 0 amide bonds. The summed E-state index contributed by atoms with van der Waals surface area (Å²) >= 11 is 0. The second-order valence-electron chi connectivity index (χ2n) is 51.3. The van der Waals surface area contributed by atoms with Crippen molar-refractivity contribution in [1.29, 1.82) is 0 Å². The third-order valence-corrected chi connectivity index (χ3v) is 41.1. The summed E-state index contributed by atoms with van der Waals surface area (Å²) in [6.45, 7) is 59.8. The number of rotatable bonds is 15. The van der Waals surface area contributed by atoms with Crippen LogP contribution in [0.1, 0.15) is 439 Å². The second-order valence-corrected chi connectivity index (χ2v) is 51.3. The predicted octanol–water partition coefficient (Wildman–Crippen LogP) is 25.0. The summed E-state index contributed by atoms with van der Waals surface area (Å²) < 4.78 is 51.7. The smallest absolute Gasteiger partial charge is 0.310 e. The van der Waals surface area contributed by atoms with Crippen LogP contribution >= 0.6 is 0 Å². The number of esters is 15. The fourth-order valence-electron chi connectivity index (χ4n) is 34.6. The van der Waals surface area contributed by atoms with E-state index in [1.165, 1.54) is 210 Å². The van der Waals surface area contributed by atoms with E-state index in [1.54, 1.807) is 0 Å². The molecule has 0 heterocycles. The largest absolute Gasteiger partial charge is 0.459 e. The van der Waals surface area contributed by atoms with E-state index in [0.29, 0.717) is 88.8 Å². The zero-order valence-electron chi connectivity index (χ0n) is 94.7. The number of hydrogen-bond donors (Lipinski definition) is 0. The lowest BCUT2D eigenvalue weighted by atomic mass is 9.59. The molecule has 144 heavy (non-hydrogen) atoms. The van der Waals surface area contributed by atoms with Crippen molar-refractivity contribution >= 4 is 89.5 Å². The summed E-state index contributed by atoms with van der Waals surface area (Å²) in [5.74, 6) is 13.3. The van der Waals surface area contributed by atoms with Crippen molar-refractivity contribution in [3.63, 3.8) is 0 Å². The maximum atomic E-state index is 13.0. The second kappa shape index (κ2) is 49.4. The van der Waals surface area contributed by atoms with E-state index in [1.807, 2.05) is 0 Å². The van der Waals surface area contributed by atoms with Gasteiger partial charge in [-0.25, -0.2) is 0 Å². The molecule has 18 fully saturated rings. The number of fused-ring (bicyclic) bond motifs is 20. The molecule has 0 aromatic carbocycles. The Morgan fingerprint density at radius 3 is 0.910 bits per heavy atom. The van der Waals surface area contributed by atoms with Gasteiger partial charge in [-0.1, -0.05) is 152 Å². The molecule has 25 nitrogen and oxygen atoms in total. The SMILES string of the molecule is CC(=O)OC(C)=O.CC(=O)OC(C)=O.CC(=O)OC(C)=O.CC(=O)OC(C)=O.CC(=O)OC(C)=O.CCC1(OC(=O)C2CC(C)CC2C)C2(C)CCC(C2)C1(C)C.CCC1(OC(=O)C2CC(C)CC2C)CC2CC1C1C3CCC(C3)C21.CCC1(OC(=O)C2CC(C)CC2C)CC2CC1C1CCCC21.CCC1(OC(=O)C2CC(C)CC2C)CC2CCC1(C)C2(C)C.CCC1(OC(=O)C2CC(C)CC2C)CC2CCC1C2. The summed E-state index contributed by atoms with van der Waals surface area (Å²) in [5.41, 5.74) is -0.0474. The van der Waals surface area contributed by atoms with Crippen molar-refractivity contribution in [2.75, 3.05) is 0 Å². The van der Waals surface area contributed by atoms with E-state index < -0.39 is 59.7 Å². The highest BCUT2D eigenvalue weighted by molar-refractivity contribution is 5.85. The van der Waals surface area contributed by atoms with Gasteiger partial charge in [0.2, 0.25) is 0 Å². The zero-order valence-corrected chi connectivity index (χ0v) is 94.7. The minimum Gasteiger partial charge on any atom is -0.459 e. The summed E-state index contributed by atoms with van der Waals surface area (Å²) in [4.78, 5) is 163. The van der Waals surface area contributed by atoms with Gasteiger partial charge in [-0.2, -0.15) is 0 Å². The molecule has 18 aliphatic carbocycles. The molecule has 0 radical (unpaired) electrons. The van der Waals surface area contributed by atoms with Crippen molar-refractivity contribution in [2.45, 2.75) is 467 Å². The maximum Gasteiger partial charge on any atom is 0.310 e. The molecule has 12 bridgehead atoms. The summed E-state index contributed by atoms with van der Waals surface area (Å²) in [5, 5.41) is 0. The Morgan fingerprint density at radius 2 is 0.604 bits per heavy atom. The first-order chi connectivity index (χ1) is 67.1. The van der Waals surface area contributed by atoms with E-state index in [4.69, 9.17) is 23.7 Å². The molecule has 818 valence electrons. The van der Waals surface area contributed by atoms with Crippen molar-refractivity contribution in [3.05, 3.63) is 0 Å². The molecule has 36 unspecified atom stereocenters. The van der Waals surface area contributed by atoms with E-state index in [9.17, 15) is 71.9 Å². The number of ether oxygens (including phenoxy) is 10. The van der Waals surface area contributed by atoms with Crippen LogP contribution < -0.4 is 0 Å². The van der Waals surface area contributed by atoms with E-state index in [0.717, 1.165) is 137 Å². The highest BCUT2D eigenvalue weighted by atomic mass is 16.6. The van der Waals surface area contributed by atoms with Gasteiger partial charge in [-0.3, -0.25) is 71.9 Å². The molecule has 18 rings (SSSR count). The molecule has 18 aliphatic rings. The fourth-order valence-corrected chi connectivity index (χ4v) is 34.6. The quantitative estimate of drug-likeness (QED) is 0.0636. The molecule has 25 heteroatoms. The average Bonchev–Trinajstić information content (AvgIpc) is 1.53. The Morgan fingerprint density at radius 1 is 0.264 bits per heavy atom. The van der Waals surface area contributed by atoms with Crippen LogP contribution in [-0.4, -0.2) is 118 Å². The number of hydrogen-bond acceptors (Lipinski definition) is 25. The summed E-state index contributed by atoms with van der Waals surface area (Å²) in [6.07, 6.45) is 42.2. The van der Waals surface area contributed by atoms with Gasteiger partial charge in [-0.15, -0.1) is 0 Å². The Kier molecular flexibility index (Phi) is 41.4. The van der Waals surface area contributed by atoms with E-state index >= 15 is 0 Å². The first kappa shape index (κ1) is 121. The van der Waals surface area contributed by atoms with Crippen molar-refractivity contribution in [3.8, 4) is 0 Å². The van der Waals surface area contributed by atoms with E-state index in [2.05, 4.69) is 169 Å². The predicted molar refractivity (Wildman–Crippen MR) is 548 cm³/mol. The normalized spacial score (nSPS) is 41.1. The third-order valence-electron chi connectivity index (χ3n) is 41.1. The van der Waals surface area contributed by atoms with Crippen LogP contribution in [0.3, 0.4) is 0 Å². The molecule has 0 spiro atoms. The first-order valence-electron chi connectivity index (χ1n) is 56.7. The Hall–Kier alpha value is -6.95. The molecule has 0 aromatic rings. The maximum absolute atomic E-state index is 13.0. The van der Waals surface area contributed by atoms with Gasteiger partial charge < -0.3 is 47.4 Å². The van der Waals surface area contributed by atoms with Gasteiger partial charge in [0.25, 0.3) is 0 Å². The lowest BCUT2D eigenvalue weighted by molar-refractivity contribution is -0.205. The fraction of sp³-hybridized carbons (Fsp3) is 0.874. The van der Waals surface area contributed by atoms with Crippen molar-refractivity contribution in [1.82, 2.24) is 0 Å². The van der Waals surface area contributed by atoms with Crippen molar-refractivity contribution < 1.29 is 119 Å². The molecular weight excluding hydrogens is 1830 g/mol. The van der Waals surface area contributed by atoms with Gasteiger partial charge in [0, 0.05) is 97.3 Å². The van der Waals surface area contributed by atoms with Crippen LogP contribution in [0.25, 0.3) is 0 Å². The molecule has 0 saturated heterocycles. The summed E-state index contributed by atoms with van der Waals surface area (Å²) in [6, 6.07) is 0. The number of carbonyl (C=O) groups excluding carboxylic acids is 15. The van der Waals surface area contributed by atoms with Crippen LogP contribution in [-0.2, 0) is 119 Å². The molecule has 18 saturated carbocycles. The van der Waals surface area contributed by atoms with Gasteiger partial charge in [0.1, 0.15) is 28.0 Å². The third kappa shape index (κ3) is 27.0. The standard InChI is InChI=1S/C22H34O2.C20H32O2.2C20H34O2.C17H28O2.5C4H6O3/c1-4-22(24-21(23)17-8-12(2)7-13(17)3)11-16-10-18(22)20-15-6-5-14(9-15)19(16)20;1-4-20(22-19(21)17-9-12(2)8-13(17)3)11-14-10-18(20)16-7-5-6-15(14)16;1-7-20(12-15-8-9-19(20,6)18(15,4)5)22-17(21)16-11-13(2)10-14(16)3;1-7-20(18(4,5)15-8-9-19(20,6)12-15)22-17(21)16-11-13(2)10-14(16)3;1-4-17(10-13-5-6-14(17)9-13)19-16(18)15-8-11(2)7-12(15)3;5*1-3(5)7-4(2)6/h12-20H,4-11H2,1-3H3;12-18H,4-11H2,1-3H3;2*13-16H,7-12H2,1-6H3;11-15H,4-10H2,1-3H3;5*1-2H3. The van der Waals surface area contributed by atoms with Crippen LogP contribution in [0.5, 0.6) is 0 Å². The Labute approximate surface area is 864 Å². The topological polar surface area (TPSA) is 348 Å². The van der Waals surface area contributed by atoms with Crippen LogP contribution in [0.2, 0.25) is 0 Å². The highest BCUT2D eigenvalue weighted by Gasteiger charge is 2.73. The van der Waals surface area contributed by atoms with Crippen LogP contribution in [0, 0.1) is 193 Å². The summed E-state index contributed by atoms with van der Waals surface area (Å²) in [7, 11) is 0. The lowest BCUT2D eigenvalue weighted by Gasteiger charge is -2.53. The molecular formula is C119H192O25. The van der Waals surface area contributed by atoms with Gasteiger partial charge >= 0.3 is 89.5 Å². The Bertz CT molecular complexity index is 4290. The number of carbonyl (C=O) groups is 15. The first-order valence-corrected chi connectivity index (χ1v) is 56.7. The van der Waals surface area contributed by atoms with Gasteiger partial charge in [0.05, 0.1) is 29.6 Å². The lowest BCUT2D eigenvalue weighted by Crippen LogP contribution is -2.57. The Balaban J connectivity index is 0.000000185. The molecule has 0 aromatic heterocycles. The van der Waals surface area contributed by atoms with E-state index in [-0.39, 0.29) is 109 Å². The highest BCUT2D eigenvalue weighted by Crippen LogP contribution is 2.75. The van der Waals surface area contributed by atoms with Crippen molar-refractivity contribution in [2.24, 2.45) is 193 Å². The zero-order chi connectivity index (χ0) is 108. The monoisotopic (exact) mass is 2020 g/mol. The molecule has 0 aliphatic heterocycles. The van der Waals surface area contributed by atoms with Crippen LogP contribution in [0.4, 0.5) is 0 Å². The molecule has 36 atom stereocenters. The minimum absolute atomic E-state index is 0.0917. The van der Waals surface area contributed by atoms with Gasteiger partial charge in [0.15, 0.2) is 0 Å². The van der Waals surface area contributed by atoms with Crippen LogP contribution in [0.15, 0.2) is 0 Å². The van der Waals surface area contributed by atoms with Gasteiger partial charge in [-0.05, 0) is 354 Å².